The Balaban J connectivity index is 1.78. The average Bonchev–Trinajstić information content (AvgIpc) is 2.64. The summed E-state index contributed by atoms with van der Waals surface area (Å²) in [6.07, 6.45) is 8.28. The van der Waals surface area contributed by atoms with Gasteiger partial charge in [-0.25, -0.2) is 0 Å². The summed E-state index contributed by atoms with van der Waals surface area (Å²) in [5, 5.41) is 0. The van der Waals surface area contributed by atoms with E-state index in [9.17, 15) is 0 Å². The standard InChI is InChI=1S/C13H25N3/c1-15-7-3-4-13(10-15)16(2)9-11-5-6-12(14)8-11/h5-6,11-13H,3-4,7-10,14H2,1-2H3. The predicted octanol–water partition coefficient (Wildman–Crippen LogP) is 0.916. The lowest BCUT2D eigenvalue weighted by atomic mass is 10.0. The van der Waals surface area contributed by atoms with E-state index in [0.717, 1.165) is 12.5 Å². The second-order valence-corrected chi connectivity index (χ2v) is 5.54. The highest BCUT2D eigenvalue weighted by Crippen LogP contribution is 2.20. The molecule has 0 bridgehead atoms. The van der Waals surface area contributed by atoms with Crippen molar-refractivity contribution in [3.8, 4) is 0 Å². The second kappa shape index (κ2) is 5.30. The zero-order chi connectivity index (χ0) is 11.5. The molecule has 2 N–H and O–H groups in total. The van der Waals surface area contributed by atoms with E-state index >= 15 is 0 Å². The van der Waals surface area contributed by atoms with E-state index in [2.05, 4.69) is 36.0 Å². The molecule has 1 aliphatic heterocycles. The molecule has 3 heteroatoms. The minimum atomic E-state index is 0.299. The van der Waals surface area contributed by atoms with Crippen LogP contribution in [0.2, 0.25) is 0 Å². The van der Waals surface area contributed by atoms with Gasteiger partial charge in [0.05, 0.1) is 0 Å². The highest BCUT2D eigenvalue weighted by atomic mass is 15.2. The number of nitrogens with two attached hydrogens (primary N) is 1. The smallest absolute Gasteiger partial charge is 0.0229 e. The van der Waals surface area contributed by atoms with Crippen molar-refractivity contribution in [3.05, 3.63) is 12.2 Å². The van der Waals surface area contributed by atoms with Crippen molar-refractivity contribution in [2.45, 2.75) is 31.3 Å². The highest BCUT2D eigenvalue weighted by Gasteiger charge is 2.24. The summed E-state index contributed by atoms with van der Waals surface area (Å²) in [6.45, 7) is 3.65. The molecule has 0 aromatic rings. The molecule has 16 heavy (non-hydrogen) atoms. The fourth-order valence-corrected chi connectivity index (χ4v) is 2.96. The molecule has 1 saturated heterocycles. The van der Waals surface area contributed by atoms with Gasteiger partial charge in [0.2, 0.25) is 0 Å². The molecule has 2 rings (SSSR count). The van der Waals surface area contributed by atoms with Crippen LogP contribution in [0.5, 0.6) is 0 Å². The van der Waals surface area contributed by atoms with E-state index in [1.807, 2.05) is 0 Å². The lowest BCUT2D eigenvalue weighted by molar-refractivity contribution is 0.125. The highest BCUT2D eigenvalue weighted by molar-refractivity contribution is 5.05. The van der Waals surface area contributed by atoms with Crippen molar-refractivity contribution in [1.82, 2.24) is 9.80 Å². The van der Waals surface area contributed by atoms with Crippen LogP contribution in [-0.4, -0.2) is 55.6 Å². The van der Waals surface area contributed by atoms with Crippen LogP contribution >= 0.6 is 0 Å². The number of likely N-dealkylation sites (N-methyl/N-ethyl adjacent to an activating group) is 2. The van der Waals surface area contributed by atoms with Crippen molar-refractivity contribution in [1.29, 1.82) is 0 Å². The first-order valence-corrected chi connectivity index (χ1v) is 6.48. The molecule has 1 heterocycles. The zero-order valence-corrected chi connectivity index (χ0v) is 10.6. The van der Waals surface area contributed by atoms with Crippen molar-refractivity contribution in [3.63, 3.8) is 0 Å². The van der Waals surface area contributed by atoms with Gasteiger partial charge < -0.3 is 15.5 Å². The Morgan fingerprint density at radius 2 is 2.25 bits per heavy atom. The van der Waals surface area contributed by atoms with Crippen LogP contribution < -0.4 is 5.73 Å². The Labute approximate surface area is 99.3 Å². The van der Waals surface area contributed by atoms with Crippen LogP contribution in [0.3, 0.4) is 0 Å². The van der Waals surface area contributed by atoms with Crippen LogP contribution in [-0.2, 0) is 0 Å². The number of piperidine rings is 1. The maximum Gasteiger partial charge on any atom is 0.0229 e. The lowest BCUT2D eigenvalue weighted by Crippen LogP contribution is -2.46. The summed E-state index contributed by atoms with van der Waals surface area (Å²) in [5.74, 6) is 0.673. The van der Waals surface area contributed by atoms with E-state index in [4.69, 9.17) is 5.73 Å². The van der Waals surface area contributed by atoms with Gasteiger partial charge in [-0.15, -0.1) is 0 Å². The van der Waals surface area contributed by atoms with Crippen LogP contribution in [0.4, 0.5) is 0 Å². The number of nitrogens with zero attached hydrogens (tertiary/aromatic N) is 2. The number of likely N-dealkylation sites (tertiary alicyclic amines) is 1. The summed E-state index contributed by atoms with van der Waals surface area (Å²) in [6, 6.07) is 1.04. The Morgan fingerprint density at radius 1 is 1.44 bits per heavy atom. The van der Waals surface area contributed by atoms with Gasteiger partial charge in [-0.1, -0.05) is 12.2 Å². The summed E-state index contributed by atoms with van der Waals surface area (Å²) >= 11 is 0. The molecule has 0 aromatic heterocycles. The van der Waals surface area contributed by atoms with Crippen molar-refractivity contribution in [2.24, 2.45) is 11.7 Å². The Bertz CT molecular complexity index is 252. The summed E-state index contributed by atoms with van der Waals surface area (Å²) in [4.78, 5) is 4.98. The van der Waals surface area contributed by atoms with Gasteiger partial charge in [-0.3, -0.25) is 0 Å². The third-order valence-electron chi connectivity index (χ3n) is 3.95. The van der Waals surface area contributed by atoms with Gasteiger partial charge in [0, 0.05) is 25.2 Å². The van der Waals surface area contributed by atoms with Gasteiger partial charge in [0.1, 0.15) is 0 Å². The summed E-state index contributed by atoms with van der Waals surface area (Å²) < 4.78 is 0. The van der Waals surface area contributed by atoms with Crippen LogP contribution in [0.15, 0.2) is 12.2 Å². The van der Waals surface area contributed by atoms with E-state index in [1.165, 1.54) is 32.5 Å². The summed E-state index contributed by atoms with van der Waals surface area (Å²) in [5.41, 5.74) is 5.89. The van der Waals surface area contributed by atoms with Crippen molar-refractivity contribution >= 4 is 0 Å². The largest absolute Gasteiger partial charge is 0.324 e. The van der Waals surface area contributed by atoms with Gasteiger partial charge in [-0.2, -0.15) is 0 Å². The number of hydrogen-bond acceptors (Lipinski definition) is 3. The molecule has 3 atom stereocenters. The number of hydrogen-bond donors (Lipinski definition) is 1. The Hall–Kier alpha value is -0.380. The first-order valence-electron chi connectivity index (χ1n) is 6.48. The third-order valence-corrected chi connectivity index (χ3v) is 3.95. The first kappa shape index (κ1) is 12.1. The molecule has 0 saturated carbocycles. The topological polar surface area (TPSA) is 32.5 Å². The molecule has 0 amide bonds. The molecule has 3 nitrogen and oxygen atoms in total. The SMILES string of the molecule is CN1CCCC(N(C)CC2C=CC(N)C2)C1. The lowest BCUT2D eigenvalue weighted by Gasteiger charge is -2.36. The Morgan fingerprint density at radius 3 is 2.88 bits per heavy atom. The number of rotatable bonds is 3. The first-order chi connectivity index (χ1) is 7.65. The maximum absolute atomic E-state index is 5.89. The monoisotopic (exact) mass is 223 g/mol. The molecular weight excluding hydrogens is 198 g/mol. The maximum atomic E-state index is 5.89. The van der Waals surface area contributed by atoms with Gasteiger partial charge in [0.15, 0.2) is 0 Å². The molecule has 1 aliphatic carbocycles. The predicted molar refractivity (Wildman–Crippen MR) is 68.4 cm³/mol. The normalized spacial score (nSPS) is 36.1. The fraction of sp³-hybridized carbons (Fsp3) is 0.846. The summed E-state index contributed by atoms with van der Waals surface area (Å²) in [7, 11) is 4.49. The molecule has 0 radical (unpaired) electrons. The molecule has 1 fully saturated rings. The van der Waals surface area contributed by atoms with Crippen molar-refractivity contribution in [2.75, 3.05) is 33.7 Å². The molecule has 92 valence electrons. The van der Waals surface area contributed by atoms with E-state index in [0.29, 0.717) is 12.0 Å². The van der Waals surface area contributed by atoms with E-state index < -0.39 is 0 Å². The van der Waals surface area contributed by atoms with Gasteiger partial charge in [-0.05, 0) is 45.8 Å². The van der Waals surface area contributed by atoms with Gasteiger partial charge >= 0.3 is 0 Å². The molecule has 0 aromatic carbocycles. The van der Waals surface area contributed by atoms with Crippen LogP contribution in [0.1, 0.15) is 19.3 Å². The van der Waals surface area contributed by atoms with Crippen molar-refractivity contribution < 1.29 is 0 Å². The third kappa shape index (κ3) is 3.06. The Kier molecular flexibility index (Phi) is 4.00. The minimum Gasteiger partial charge on any atom is -0.324 e. The quantitative estimate of drug-likeness (QED) is 0.722. The van der Waals surface area contributed by atoms with Crippen LogP contribution in [0, 0.1) is 5.92 Å². The fourth-order valence-electron chi connectivity index (χ4n) is 2.96. The zero-order valence-electron chi connectivity index (χ0n) is 10.6. The second-order valence-electron chi connectivity index (χ2n) is 5.54. The molecule has 0 spiro atoms. The minimum absolute atomic E-state index is 0.299. The van der Waals surface area contributed by atoms with E-state index in [-0.39, 0.29) is 0 Å². The van der Waals surface area contributed by atoms with E-state index in [1.54, 1.807) is 0 Å². The molecular formula is C13H25N3. The van der Waals surface area contributed by atoms with Crippen LogP contribution in [0.25, 0.3) is 0 Å². The molecule has 2 aliphatic rings. The average molecular weight is 223 g/mol. The molecule has 3 unspecified atom stereocenters. The van der Waals surface area contributed by atoms with Gasteiger partial charge in [0.25, 0.3) is 0 Å².